The van der Waals surface area contributed by atoms with Crippen molar-refractivity contribution in [3.05, 3.63) is 75.2 Å². The summed E-state index contributed by atoms with van der Waals surface area (Å²) in [5, 5.41) is 3.10. The number of piperazine rings is 1. The van der Waals surface area contributed by atoms with Gasteiger partial charge < -0.3 is 19.4 Å². The van der Waals surface area contributed by atoms with Gasteiger partial charge in [-0.2, -0.15) is 13.2 Å². The van der Waals surface area contributed by atoms with E-state index in [0.717, 1.165) is 30.0 Å². The number of hydrogen-bond acceptors (Lipinski definition) is 6. The number of halogens is 4. The molecule has 0 N–H and O–H groups in total. The summed E-state index contributed by atoms with van der Waals surface area (Å²) in [6.07, 6.45) is -2.94. The topological polar surface area (TPSA) is 66.0 Å². The lowest BCUT2D eigenvalue weighted by atomic mass is 9.96. The van der Waals surface area contributed by atoms with E-state index in [1.807, 2.05) is 4.90 Å². The van der Waals surface area contributed by atoms with Gasteiger partial charge in [-0.1, -0.05) is 29.8 Å². The van der Waals surface area contributed by atoms with Gasteiger partial charge in [0.1, 0.15) is 11.4 Å². The van der Waals surface area contributed by atoms with E-state index < -0.39 is 17.3 Å². The average molecular weight is 621 g/mol. The Bertz CT molecular complexity index is 1430. The zero-order chi connectivity index (χ0) is 30.1. The van der Waals surface area contributed by atoms with E-state index in [9.17, 15) is 22.8 Å². The van der Waals surface area contributed by atoms with Crippen LogP contribution in [0.3, 0.4) is 0 Å². The predicted octanol–water partition coefficient (Wildman–Crippen LogP) is 6.34. The number of carbonyl (C=O) groups is 2. The molecule has 0 aliphatic carbocycles. The van der Waals surface area contributed by atoms with Crippen LogP contribution in [0.1, 0.15) is 53.7 Å². The Morgan fingerprint density at radius 2 is 1.64 bits per heavy atom. The number of hydrogen-bond donors (Lipinski definition) is 0. The van der Waals surface area contributed by atoms with Crippen molar-refractivity contribution in [3.8, 4) is 5.75 Å². The number of thiazole rings is 1. The lowest BCUT2D eigenvalue weighted by molar-refractivity contribution is -0.146. The van der Waals surface area contributed by atoms with Crippen molar-refractivity contribution < 1.29 is 27.5 Å². The number of nitrogens with zero attached hydrogens (tertiary/aromatic N) is 4. The first-order valence-corrected chi connectivity index (χ1v) is 15.1. The molecule has 0 bridgehead atoms. The van der Waals surface area contributed by atoms with Crippen molar-refractivity contribution in [3.63, 3.8) is 0 Å². The summed E-state index contributed by atoms with van der Waals surface area (Å²) in [6.45, 7) is 6.26. The number of carbonyl (C=O) groups excluding carboxylic acids is 2. The Morgan fingerprint density at radius 1 is 0.952 bits per heavy atom. The van der Waals surface area contributed by atoms with E-state index in [2.05, 4.69) is 4.98 Å². The molecule has 42 heavy (non-hydrogen) atoms. The molecule has 224 valence electrons. The molecule has 2 aromatic carbocycles. The van der Waals surface area contributed by atoms with E-state index >= 15 is 0 Å². The van der Waals surface area contributed by atoms with Crippen molar-refractivity contribution >= 4 is 40.4 Å². The molecule has 12 heteroatoms. The molecule has 0 atom stereocenters. The standard InChI is InChI=1S/C30H32ClF3N4O3S/c1-29(2,41-25-9-4-3-8-23(25)31)28(40)38-12-10-20(11-13-38)26-35-24(19-42-26)27(39)37-16-14-36(15-17-37)22-7-5-6-21(18-22)30(32,33)34/h3-9,18-20H,10-17H2,1-2H3. The Morgan fingerprint density at radius 3 is 2.31 bits per heavy atom. The highest BCUT2D eigenvalue weighted by Gasteiger charge is 2.37. The molecular weight excluding hydrogens is 589 g/mol. The number of benzene rings is 2. The van der Waals surface area contributed by atoms with Gasteiger partial charge >= 0.3 is 6.18 Å². The van der Waals surface area contributed by atoms with Gasteiger partial charge in [0.2, 0.25) is 0 Å². The Balaban J connectivity index is 1.13. The number of alkyl halides is 3. The van der Waals surface area contributed by atoms with Crippen LogP contribution in [0.2, 0.25) is 5.02 Å². The molecule has 2 fully saturated rings. The molecule has 5 rings (SSSR count). The number of amides is 2. The first-order chi connectivity index (χ1) is 19.9. The van der Waals surface area contributed by atoms with Gasteiger partial charge in [0, 0.05) is 56.3 Å². The second-order valence-electron chi connectivity index (χ2n) is 11.0. The second kappa shape index (κ2) is 12.1. The van der Waals surface area contributed by atoms with Gasteiger partial charge in [0.25, 0.3) is 11.8 Å². The largest absolute Gasteiger partial charge is 0.476 e. The van der Waals surface area contributed by atoms with Crippen LogP contribution >= 0.6 is 22.9 Å². The average Bonchev–Trinajstić information content (AvgIpc) is 3.48. The highest BCUT2D eigenvalue weighted by Crippen LogP contribution is 2.34. The lowest BCUT2D eigenvalue weighted by Gasteiger charge is -2.36. The van der Waals surface area contributed by atoms with Crippen molar-refractivity contribution in [1.29, 1.82) is 0 Å². The molecule has 0 radical (unpaired) electrons. The SMILES string of the molecule is CC(C)(Oc1ccccc1Cl)C(=O)N1CCC(c2nc(C(=O)N3CCN(c4cccc(C(F)(F)F)c4)CC3)cs2)CC1. The van der Waals surface area contributed by atoms with Crippen LogP contribution < -0.4 is 9.64 Å². The summed E-state index contributed by atoms with van der Waals surface area (Å²) in [5.74, 6) is 0.322. The molecule has 0 unspecified atom stereocenters. The number of likely N-dealkylation sites (tertiary alicyclic amines) is 1. The molecule has 1 aromatic heterocycles. The van der Waals surface area contributed by atoms with Crippen LogP contribution in [0.15, 0.2) is 53.9 Å². The van der Waals surface area contributed by atoms with Crippen molar-refractivity contribution in [2.45, 2.75) is 44.4 Å². The number of aromatic nitrogens is 1. The predicted molar refractivity (Wildman–Crippen MR) is 156 cm³/mol. The first-order valence-electron chi connectivity index (χ1n) is 13.8. The van der Waals surface area contributed by atoms with Gasteiger partial charge in [-0.25, -0.2) is 4.98 Å². The maximum Gasteiger partial charge on any atom is 0.416 e. The Labute approximate surface area is 251 Å². The van der Waals surface area contributed by atoms with Crippen LogP contribution in [0, 0.1) is 0 Å². The number of anilines is 1. The zero-order valence-corrected chi connectivity index (χ0v) is 24.9. The normalized spacial score (nSPS) is 17.0. The molecular formula is C30H32ClF3N4O3S. The lowest BCUT2D eigenvalue weighted by Crippen LogP contribution is -2.51. The number of rotatable bonds is 6. The van der Waals surface area contributed by atoms with Crippen LogP contribution in [0.5, 0.6) is 5.75 Å². The fraction of sp³-hybridized carbons (Fsp3) is 0.433. The van der Waals surface area contributed by atoms with Crippen LogP contribution in [-0.2, 0) is 11.0 Å². The molecule has 0 spiro atoms. The summed E-state index contributed by atoms with van der Waals surface area (Å²) >= 11 is 7.66. The van der Waals surface area contributed by atoms with E-state index in [-0.39, 0.29) is 17.7 Å². The van der Waals surface area contributed by atoms with E-state index in [1.54, 1.807) is 59.4 Å². The minimum atomic E-state index is -4.40. The minimum Gasteiger partial charge on any atom is -0.476 e. The number of para-hydroxylation sites is 1. The van der Waals surface area contributed by atoms with Crippen LogP contribution in [0.4, 0.5) is 18.9 Å². The van der Waals surface area contributed by atoms with Gasteiger partial charge in [-0.15, -0.1) is 11.3 Å². The number of piperidine rings is 1. The molecule has 2 aliphatic rings. The third-order valence-corrected chi connectivity index (χ3v) is 9.01. The molecule has 2 amide bonds. The molecule has 3 heterocycles. The summed E-state index contributed by atoms with van der Waals surface area (Å²) in [5.41, 5.74) is -0.881. The highest BCUT2D eigenvalue weighted by molar-refractivity contribution is 7.09. The first kappa shape index (κ1) is 30.2. The summed E-state index contributed by atoms with van der Waals surface area (Å²) in [4.78, 5) is 36.5. The molecule has 2 aliphatic heterocycles. The summed E-state index contributed by atoms with van der Waals surface area (Å²) in [7, 11) is 0. The maximum absolute atomic E-state index is 13.3. The zero-order valence-electron chi connectivity index (χ0n) is 23.4. The van der Waals surface area contributed by atoms with E-state index in [1.165, 1.54) is 17.4 Å². The van der Waals surface area contributed by atoms with Crippen LogP contribution in [-0.4, -0.2) is 71.5 Å². The van der Waals surface area contributed by atoms with Gasteiger partial charge in [0.05, 0.1) is 15.6 Å². The maximum atomic E-state index is 13.3. The molecule has 3 aromatic rings. The number of ether oxygens (including phenoxy) is 1. The fourth-order valence-electron chi connectivity index (χ4n) is 5.34. The molecule has 2 saturated heterocycles. The van der Waals surface area contributed by atoms with Crippen molar-refractivity contribution in [2.24, 2.45) is 0 Å². The Hall–Kier alpha value is -3.31. The third kappa shape index (κ3) is 6.67. The molecule has 0 saturated carbocycles. The fourth-order valence-corrected chi connectivity index (χ4v) is 6.48. The van der Waals surface area contributed by atoms with Crippen molar-refractivity contribution in [1.82, 2.24) is 14.8 Å². The third-order valence-electron chi connectivity index (χ3n) is 7.69. The van der Waals surface area contributed by atoms with Crippen LogP contribution in [0.25, 0.3) is 0 Å². The minimum absolute atomic E-state index is 0.111. The van der Waals surface area contributed by atoms with E-state index in [4.69, 9.17) is 16.3 Å². The van der Waals surface area contributed by atoms with Gasteiger partial charge in [-0.3, -0.25) is 9.59 Å². The summed E-state index contributed by atoms with van der Waals surface area (Å²) in [6, 6.07) is 12.3. The van der Waals surface area contributed by atoms with Gasteiger partial charge in [-0.05, 0) is 57.0 Å². The highest BCUT2D eigenvalue weighted by atomic mass is 35.5. The second-order valence-corrected chi connectivity index (χ2v) is 12.3. The summed E-state index contributed by atoms with van der Waals surface area (Å²) < 4.78 is 45.3. The smallest absolute Gasteiger partial charge is 0.416 e. The van der Waals surface area contributed by atoms with Gasteiger partial charge in [0.15, 0.2) is 5.60 Å². The molecule has 7 nitrogen and oxygen atoms in total. The Kier molecular flexibility index (Phi) is 8.71. The quantitative estimate of drug-likeness (QED) is 0.322. The van der Waals surface area contributed by atoms with E-state index in [0.29, 0.717) is 61.4 Å². The van der Waals surface area contributed by atoms with Crippen molar-refractivity contribution in [2.75, 3.05) is 44.2 Å². The monoisotopic (exact) mass is 620 g/mol.